The molecule has 0 atom stereocenters. The molecule has 2 aromatic carbocycles. The monoisotopic (exact) mass is 420 g/mol. The van der Waals surface area contributed by atoms with E-state index in [0.29, 0.717) is 0 Å². The van der Waals surface area contributed by atoms with Gasteiger partial charge in [-0.3, -0.25) is 0 Å². The number of halogens is 1. The van der Waals surface area contributed by atoms with E-state index in [4.69, 9.17) is 9.47 Å². The highest BCUT2D eigenvalue weighted by molar-refractivity contribution is 9.09. The van der Waals surface area contributed by atoms with E-state index >= 15 is 0 Å². The van der Waals surface area contributed by atoms with Gasteiger partial charge >= 0.3 is 0 Å². The van der Waals surface area contributed by atoms with Gasteiger partial charge in [0, 0.05) is 16.1 Å². The smallest absolute Gasteiger partial charge is 0.130 e. The van der Waals surface area contributed by atoms with Crippen LogP contribution in [0.5, 0.6) is 11.5 Å². The van der Waals surface area contributed by atoms with Gasteiger partial charge in [-0.15, -0.1) is 0 Å². The molecule has 0 fully saturated rings. The molecule has 0 aliphatic heterocycles. The van der Waals surface area contributed by atoms with Crippen LogP contribution in [-0.4, -0.2) is 18.5 Å². The van der Waals surface area contributed by atoms with E-state index in [-0.39, 0.29) is 0 Å². The van der Waals surface area contributed by atoms with Gasteiger partial charge in [0.05, 0.1) is 13.2 Å². The summed E-state index contributed by atoms with van der Waals surface area (Å²) < 4.78 is 12.3. The molecule has 0 bridgehead atoms. The molecule has 2 rings (SSSR count). The van der Waals surface area contributed by atoms with Crippen molar-refractivity contribution < 1.29 is 9.47 Å². The van der Waals surface area contributed by atoms with E-state index in [2.05, 4.69) is 60.1 Å². The number of alkyl halides is 1. The zero-order chi connectivity index (χ0) is 18.6. The lowest BCUT2D eigenvalue weighted by Gasteiger charge is -2.16. The molecule has 0 saturated carbocycles. The summed E-state index contributed by atoms with van der Waals surface area (Å²) in [5.74, 6) is 2.00. The molecule has 0 amide bonds. The predicted octanol–water partition coefficient (Wildman–Crippen LogP) is 7.44. The first-order chi connectivity index (χ1) is 12.8. The predicted molar refractivity (Wildman–Crippen MR) is 116 cm³/mol. The van der Waals surface area contributed by atoms with Crippen LogP contribution in [0, 0.1) is 6.92 Å². The average Bonchev–Trinajstić information content (AvgIpc) is 2.66. The van der Waals surface area contributed by atoms with Gasteiger partial charge < -0.3 is 9.47 Å². The number of ether oxygens (including phenoxy) is 2. The van der Waals surface area contributed by atoms with Gasteiger partial charge in [0.1, 0.15) is 11.5 Å². The normalized spacial score (nSPS) is 11.0. The van der Waals surface area contributed by atoms with Crippen molar-refractivity contribution in [3.8, 4) is 11.5 Å². The average molecular weight is 421 g/mol. The van der Waals surface area contributed by atoms with Crippen molar-refractivity contribution in [1.29, 1.82) is 0 Å². The maximum atomic E-state index is 6.16. The summed E-state index contributed by atoms with van der Waals surface area (Å²) in [7, 11) is 0. The molecular formula is C23H33BrO2. The molecule has 0 radical (unpaired) electrons. The standard InChI is InChI=1S/C23H33BrO2/c1-3-4-5-11-17-26-23-19(2)18-22(20-13-8-9-14-21(20)23)25-16-12-7-6-10-15-24/h8-9,13-14,18H,3-7,10-12,15-17H2,1-2H3. The van der Waals surface area contributed by atoms with Gasteiger partial charge in [-0.25, -0.2) is 0 Å². The first kappa shape index (κ1) is 21.1. The zero-order valence-corrected chi connectivity index (χ0v) is 17.9. The number of rotatable bonds is 13. The quantitative estimate of drug-likeness (QED) is 0.247. The fourth-order valence-electron chi connectivity index (χ4n) is 3.19. The second kappa shape index (κ2) is 12.2. The van der Waals surface area contributed by atoms with E-state index in [1.807, 2.05) is 0 Å². The first-order valence-corrected chi connectivity index (χ1v) is 11.2. The molecule has 26 heavy (non-hydrogen) atoms. The molecule has 0 aliphatic carbocycles. The summed E-state index contributed by atoms with van der Waals surface area (Å²) in [6, 6.07) is 10.6. The highest BCUT2D eigenvalue weighted by Crippen LogP contribution is 2.36. The van der Waals surface area contributed by atoms with Gasteiger partial charge in [0.15, 0.2) is 0 Å². The van der Waals surface area contributed by atoms with Crippen LogP contribution in [0.4, 0.5) is 0 Å². The van der Waals surface area contributed by atoms with Crippen molar-refractivity contribution in [2.24, 2.45) is 0 Å². The van der Waals surface area contributed by atoms with Gasteiger partial charge in [-0.1, -0.05) is 79.2 Å². The minimum absolute atomic E-state index is 0.781. The Bertz CT molecular complexity index is 654. The van der Waals surface area contributed by atoms with Crippen LogP contribution in [0.3, 0.4) is 0 Å². The van der Waals surface area contributed by atoms with E-state index in [1.54, 1.807) is 0 Å². The minimum atomic E-state index is 0.781. The number of hydrogen-bond donors (Lipinski definition) is 0. The van der Waals surface area contributed by atoms with Crippen molar-refractivity contribution in [2.45, 2.75) is 65.2 Å². The van der Waals surface area contributed by atoms with Gasteiger partial charge in [-0.2, -0.15) is 0 Å². The number of benzene rings is 2. The summed E-state index contributed by atoms with van der Waals surface area (Å²) >= 11 is 3.48. The molecule has 0 spiro atoms. The SMILES string of the molecule is CCCCCCOc1c(C)cc(OCCCCCCBr)c2ccccc12. The van der Waals surface area contributed by atoms with Crippen LogP contribution < -0.4 is 9.47 Å². The van der Waals surface area contributed by atoms with E-state index in [9.17, 15) is 0 Å². The highest BCUT2D eigenvalue weighted by atomic mass is 79.9. The number of fused-ring (bicyclic) bond motifs is 1. The molecule has 2 nitrogen and oxygen atoms in total. The second-order valence-electron chi connectivity index (χ2n) is 6.93. The third kappa shape index (κ3) is 6.50. The lowest BCUT2D eigenvalue weighted by molar-refractivity contribution is 0.300. The van der Waals surface area contributed by atoms with E-state index < -0.39 is 0 Å². The Kier molecular flexibility index (Phi) is 9.91. The first-order valence-electron chi connectivity index (χ1n) is 10.1. The molecule has 144 valence electrons. The molecule has 3 heteroatoms. The molecule has 0 unspecified atom stereocenters. The van der Waals surface area contributed by atoms with Crippen molar-refractivity contribution in [1.82, 2.24) is 0 Å². The summed E-state index contributed by atoms with van der Waals surface area (Å²) in [5, 5.41) is 3.41. The van der Waals surface area contributed by atoms with Crippen LogP contribution in [0.25, 0.3) is 10.8 Å². The van der Waals surface area contributed by atoms with Crippen molar-refractivity contribution in [3.05, 3.63) is 35.9 Å². The Balaban J connectivity index is 2.02. The maximum Gasteiger partial charge on any atom is 0.130 e. The Labute approximate surface area is 167 Å². The van der Waals surface area contributed by atoms with Crippen molar-refractivity contribution in [2.75, 3.05) is 18.5 Å². The molecule has 0 saturated heterocycles. The lowest BCUT2D eigenvalue weighted by atomic mass is 10.0. The topological polar surface area (TPSA) is 18.5 Å². The summed E-state index contributed by atoms with van der Waals surface area (Å²) in [6.07, 6.45) is 9.73. The van der Waals surface area contributed by atoms with Crippen molar-refractivity contribution >= 4 is 26.7 Å². The Morgan fingerprint density at radius 2 is 1.46 bits per heavy atom. The van der Waals surface area contributed by atoms with Crippen LogP contribution in [0.2, 0.25) is 0 Å². The van der Waals surface area contributed by atoms with Crippen LogP contribution in [0.15, 0.2) is 30.3 Å². The Morgan fingerprint density at radius 1 is 0.808 bits per heavy atom. The highest BCUT2D eigenvalue weighted by Gasteiger charge is 2.11. The molecular weight excluding hydrogens is 388 g/mol. The summed E-state index contributed by atoms with van der Waals surface area (Å²) in [4.78, 5) is 0. The summed E-state index contributed by atoms with van der Waals surface area (Å²) in [5.41, 5.74) is 1.16. The number of hydrogen-bond acceptors (Lipinski definition) is 2. The van der Waals surface area contributed by atoms with Crippen LogP contribution >= 0.6 is 15.9 Å². The molecule has 2 aromatic rings. The third-order valence-electron chi connectivity index (χ3n) is 4.67. The minimum Gasteiger partial charge on any atom is -0.493 e. The Hall–Kier alpha value is -1.22. The fraction of sp³-hybridized carbons (Fsp3) is 0.565. The zero-order valence-electron chi connectivity index (χ0n) is 16.4. The lowest BCUT2D eigenvalue weighted by Crippen LogP contribution is -2.02. The molecule has 0 aromatic heterocycles. The van der Waals surface area contributed by atoms with E-state index in [0.717, 1.165) is 59.2 Å². The van der Waals surface area contributed by atoms with Gasteiger partial charge in [-0.05, 0) is 37.8 Å². The van der Waals surface area contributed by atoms with Crippen molar-refractivity contribution in [3.63, 3.8) is 0 Å². The largest absolute Gasteiger partial charge is 0.493 e. The Morgan fingerprint density at radius 3 is 2.19 bits per heavy atom. The number of aryl methyl sites for hydroxylation is 1. The van der Waals surface area contributed by atoms with Crippen LogP contribution in [0.1, 0.15) is 63.9 Å². The van der Waals surface area contributed by atoms with Crippen LogP contribution in [-0.2, 0) is 0 Å². The third-order valence-corrected chi connectivity index (χ3v) is 5.23. The maximum absolute atomic E-state index is 6.16. The molecule has 0 N–H and O–H groups in total. The fourth-order valence-corrected chi connectivity index (χ4v) is 3.59. The molecule has 0 aliphatic rings. The van der Waals surface area contributed by atoms with Gasteiger partial charge in [0.25, 0.3) is 0 Å². The number of unbranched alkanes of at least 4 members (excludes halogenated alkanes) is 6. The summed E-state index contributed by atoms with van der Waals surface area (Å²) in [6.45, 7) is 5.93. The van der Waals surface area contributed by atoms with Gasteiger partial charge in [0.2, 0.25) is 0 Å². The molecule has 0 heterocycles. The second-order valence-corrected chi connectivity index (χ2v) is 7.72. The van der Waals surface area contributed by atoms with E-state index in [1.165, 1.54) is 38.5 Å².